The van der Waals surface area contributed by atoms with Crippen molar-refractivity contribution in [3.8, 4) is 0 Å². The number of fused-ring (bicyclic) bond motifs is 1. The van der Waals surface area contributed by atoms with E-state index >= 15 is 0 Å². The molecule has 0 saturated heterocycles. The molecule has 6 heteroatoms. The molecule has 2 aromatic rings. The monoisotopic (exact) mass is 301 g/mol. The lowest BCUT2D eigenvalue weighted by molar-refractivity contribution is 0.146. The zero-order valence-corrected chi connectivity index (χ0v) is 10.6. The molecule has 0 amide bonds. The van der Waals surface area contributed by atoms with Crippen LogP contribution in [0.15, 0.2) is 22.7 Å². The number of halogens is 3. The minimum atomic E-state index is -2.63. The Hall–Kier alpha value is -1.27. The SMILES string of the molecule is Cc1cc(Br)c2nc(C(F)F)cc(NN)c2c1. The first-order valence-electron chi connectivity index (χ1n) is 4.88. The quantitative estimate of drug-likeness (QED) is 0.659. The molecule has 1 aromatic heterocycles. The van der Waals surface area contributed by atoms with Crippen molar-refractivity contribution in [3.63, 3.8) is 0 Å². The average Bonchev–Trinajstić information content (AvgIpc) is 2.27. The van der Waals surface area contributed by atoms with Crippen molar-refractivity contribution >= 4 is 32.5 Å². The maximum atomic E-state index is 12.7. The molecule has 3 nitrogen and oxygen atoms in total. The van der Waals surface area contributed by atoms with Gasteiger partial charge in [-0.1, -0.05) is 0 Å². The van der Waals surface area contributed by atoms with Crippen molar-refractivity contribution in [1.29, 1.82) is 0 Å². The Bertz CT molecular complexity index is 572. The van der Waals surface area contributed by atoms with Crippen LogP contribution in [0, 0.1) is 6.92 Å². The van der Waals surface area contributed by atoms with Gasteiger partial charge in [0.05, 0.1) is 11.2 Å². The van der Waals surface area contributed by atoms with Crippen molar-refractivity contribution in [2.45, 2.75) is 13.3 Å². The fourth-order valence-electron chi connectivity index (χ4n) is 1.67. The van der Waals surface area contributed by atoms with Gasteiger partial charge in [-0.15, -0.1) is 0 Å². The number of pyridine rings is 1. The van der Waals surface area contributed by atoms with E-state index in [1.807, 2.05) is 19.1 Å². The number of hydrogen-bond donors (Lipinski definition) is 2. The van der Waals surface area contributed by atoms with Gasteiger partial charge in [0.15, 0.2) is 0 Å². The average molecular weight is 302 g/mol. The molecule has 0 aliphatic heterocycles. The summed E-state index contributed by atoms with van der Waals surface area (Å²) in [5.74, 6) is 5.35. The first-order chi connectivity index (χ1) is 8.02. The third-order valence-corrected chi connectivity index (χ3v) is 3.01. The van der Waals surface area contributed by atoms with Gasteiger partial charge in [-0.05, 0) is 46.6 Å². The van der Waals surface area contributed by atoms with Crippen LogP contribution in [0.25, 0.3) is 10.9 Å². The molecular formula is C11H10BrF2N3. The van der Waals surface area contributed by atoms with Gasteiger partial charge in [-0.25, -0.2) is 13.8 Å². The van der Waals surface area contributed by atoms with Crippen molar-refractivity contribution in [2.75, 3.05) is 5.43 Å². The molecular weight excluding hydrogens is 292 g/mol. The van der Waals surface area contributed by atoms with Crippen LogP contribution in [0.4, 0.5) is 14.5 Å². The highest BCUT2D eigenvalue weighted by atomic mass is 79.9. The van der Waals surface area contributed by atoms with Gasteiger partial charge in [0.2, 0.25) is 0 Å². The Morgan fingerprint density at radius 2 is 2.06 bits per heavy atom. The summed E-state index contributed by atoms with van der Waals surface area (Å²) in [5.41, 5.74) is 4.04. The molecule has 0 aliphatic rings. The van der Waals surface area contributed by atoms with Crippen molar-refractivity contribution in [2.24, 2.45) is 5.84 Å². The normalized spacial score (nSPS) is 11.2. The third-order valence-electron chi connectivity index (χ3n) is 2.41. The molecule has 0 unspecified atom stereocenters. The molecule has 3 N–H and O–H groups in total. The molecule has 1 heterocycles. The minimum absolute atomic E-state index is 0.296. The predicted molar refractivity (Wildman–Crippen MR) is 66.9 cm³/mol. The number of anilines is 1. The lowest BCUT2D eigenvalue weighted by Crippen LogP contribution is -2.08. The first kappa shape index (κ1) is 12.2. The van der Waals surface area contributed by atoms with Crippen LogP contribution < -0.4 is 11.3 Å². The Morgan fingerprint density at radius 1 is 1.35 bits per heavy atom. The number of hydrogen-bond acceptors (Lipinski definition) is 3. The number of rotatable bonds is 2. The van der Waals surface area contributed by atoms with Crippen LogP contribution in [-0.2, 0) is 0 Å². The lowest BCUT2D eigenvalue weighted by atomic mass is 10.1. The fourth-order valence-corrected chi connectivity index (χ4v) is 2.34. The summed E-state index contributed by atoms with van der Waals surface area (Å²) in [5, 5.41) is 0.712. The summed E-state index contributed by atoms with van der Waals surface area (Å²) in [6.07, 6.45) is -2.63. The number of aryl methyl sites for hydroxylation is 1. The summed E-state index contributed by atoms with van der Waals surface area (Å²) in [6, 6.07) is 4.93. The second-order valence-corrected chi connectivity index (χ2v) is 4.54. The number of aromatic nitrogens is 1. The maximum Gasteiger partial charge on any atom is 0.280 e. The third kappa shape index (κ3) is 2.23. The second kappa shape index (κ2) is 4.54. The maximum absolute atomic E-state index is 12.7. The van der Waals surface area contributed by atoms with Gasteiger partial charge in [-0.2, -0.15) is 0 Å². The van der Waals surface area contributed by atoms with Crippen LogP contribution >= 0.6 is 15.9 Å². The molecule has 2 rings (SSSR count). The molecule has 1 aromatic carbocycles. The standard InChI is InChI=1S/C11H10BrF2N3/c1-5-2-6-8(17-15)4-9(11(13)14)16-10(6)7(12)3-5/h2-4,11H,15H2,1H3,(H,16,17). The van der Waals surface area contributed by atoms with E-state index in [1.54, 1.807) is 0 Å². The smallest absolute Gasteiger partial charge is 0.280 e. The van der Waals surface area contributed by atoms with Crippen LogP contribution in [-0.4, -0.2) is 4.98 Å². The summed E-state index contributed by atoms with van der Waals surface area (Å²) >= 11 is 3.32. The van der Waals surface area contributed by atoms with Crippen molar-refractivity contribution < 1.29 is 8.78 Å². The van der Waals surface area contributed by atoms with E-state index in [9.17, 15) is 8.78 Å². The Morgan fingerprint density at radius 3 is 2.65 bits per heavy atom. The molecule has 0 aliphatic carbocycles. The van der Waals surface area contributed by atoms with E-state index in [0.29, 0.717) is 21.1 Å². The second-order valence-electron chi connectivity index (χ2n) is 3.68. The topological polar surface area (TPSA) is 50.9 Å². The molecule has 90 valence electrons. The van der Waals surface area contributed by atoms with E-state index in [1.165, 1.54) is 6.07 Å². The van der Waals surface area contributed by atoms with Gasteiger partial charge in [0.1, 0.15) is 5.69 Å². The largest absolute Gasteiger partial charge is 0.323 e. The van der Waals surface area contributed by atoms with Gasteiger partial charge >= 0.3 is 0 Å². The Labute approximate surface area is 105 Å². The molecule has 0 spiro atoms. The van der Waals surface area contributed by atoms with Gasteiger partial charge in [0, 0.05) is 9.86 Å². The number of nitrogens with two attached hydrogens (primary N) is 1. The Kier molecular flexibility index (Phi) is 3.26. The molecule has 0 bridgehead atoms. The molecule has 0 fully saturated rings. The van der Waals surface area contributed by atoms with Crippen LogP contribution in [0.1, 0.15) is 17.7 Å². The fraction of sp³-hybridized carbons (Fsp3) is 0.182. The molecule has 0 saturated carbocycles. The first-order valence-corrected chi connectivity index (χ1v) is 5.68. The van der Waals surface area contributed by atoms with Gasteiger partial charge in [0.25, 0.3) is 6.43 Å². The summed E-state index contributed by atoms with van der Waals surface area (Å²) < 4.78 is 26.0. The van der Waals surface area contributed by atoms with Gasteiger partial charge in [-0.3, -0.25) is 5.84 Å². The molecule has 0 radical (unpaired) electrons. The van der Waals surface area contributed by atoms with E-state index in [-0.39, 0.29) is 5.69 Å². The summed E-state index contributed by atoms with van der Waals surface area (Å²) in [6.45, 7) is 1.91. The summed E-state index contributed by atoms with van der Waals surface area (Å²) in [4.78, 5) is 3.93. The highest BCUT2D eigenvalue weighted by molar-refractivity contribution is 9.10. The number of nitrogens with one attached hydrogen (secondary N) is 1. The van der Waals surface area contributed by atoms with E-state index < -0.39 is 6.43 Å². The molecule has 0 atom stereocenters. The lowest BCUT2D eigenvalue weighted by Gasteiger charge is -2.10. The predicted octanol–water partition coefficient (Wildman–Crippen LogP) is 3.53. The van der Waals surface area contributed by atoms with Crippen molar-refractivity contribution in [3.05, 3.63) is 33.9 Å². The number of hydrazine groups is 1. The van der Waals surface area contributed by atoms with Gasteiger partial charge < -0.3 is 5.43 Å². The summed E-state index contributed by atoms with van der Waals surface area (Å²) in [7, 11) is 0. The van der Waals surface area contributed by atoms with E-state index in [4.69, 9.17) is 5.84 Å². The van der Waals surface area contributed by atoms with Crippen LogP contribution in [0.5, 0.6) is 0 Å². The molecule has 17 heavy (non-hydrogen) atoms. The number of nitrogen functional groups attached to an aromatic ring is 1. The van der Waals surface area contributed by atoms with Crippen molar-refractivity contribution in [1.82, 2.24) is 4.98 Å². The Balaban J connectivity index is 2.82. The highest BCUT2D eigenvalue weighted by Gasteiger charge is 2.14. The van der Waals surface area contributed by atoms with E-state index in [2.05, 4.69) is 26.3 Å². The highest BCUT2D eigenvalue weighted by Crippen LogP contribution is 2.32. The van der Waals surface area contributed by atoms with Crippen LogP contribution in [0.3, 0.4) is 0 Å². The number of benzene rings is 1. The van der Waals surface area contributed by atoms with E-state index in [0.717, 1.165) is 5.56 Å². The van der Waals surface area contributed by atoms with Crippen LogP contribution in [0.2, 0.25) is 0 Å². The zero-order chi connectivity index (χ0) is 12.6. The minimum Gasteiger partial charge on any atom is -0.323 e. The number of nitrogens with zero attached hydrogens (tertiary/aromatic N) is 1. The zero-order valence-electron chi connectivity index (χ0n) is 8.97. The number of alkyl halides is 2.